The second-order valence-electron chi connectivity index (χ2n) is 6.03. The largest absolute Gasteiger partial charge is 0.363 e. The molecule has 2 aliphatic rings. The minimum atomic E-state index is -0.213. The van der Waals surface area contributed by atoms with Gasteiger partial charge in [0.05, 0.1) is 5.57 Å². The Bertz CT molecular complexity index is 824. The predicted molar refractivity (Wildman–Crippen MR) is 97.0 cm³/mol. The van der Waals surface area contributed by atoms with Gasteiger partial charge in [0.25, 0.3) is 11.8 Å². The van der Waals surface area contributed by atoms with Crippen LogP contribution in [-0.2, 0) is 9.59 Å². The van der Waals surface area contributed by atoms with Crippen LogP contribution in [-0.4, -0.2) is 59.8 Å². The van der Waals surface area contributed by atoms with Crippen LogP contribution in [0.2, 0.25) is 0 Å². The number of hydrogen-bond donors (Lipinski definition) is 0. The highest BCUT2D eigenvalue weighted by molar-refractivity contribution is 7.11. The van der Waals surface area contributed by atoms with Crippen molar-refractivity contribution in [2.24, 2.45) is 0 Å². The zero-order valence-corrected chi connectivity index (χ0v) is 14.7. The third-order valence-electron chi connectivity index (χ3n) is 4.60. The summed E-state index contributed by atoms with van der Waals surface area (Å²) in [6.45, 7) is 2.91. The molecule has 0 saturated carbocycles. The maximum absolute atomic E-state index is 12.7. The monoisotopic (exact) mass is 354 g/mol. The average Bonchev–Trinajstić information content (AvgIpc) is 3.26. The van der Waals surface area contributed by atoms with Gasteiger partial charge in [-0.05, 0) is 23.6 Å². The van der Waals surface area contributed by atoms with Gasteiger partial charge in [-0.1, -0.05) is 12.1 Å². The van der Waals surface area contributed by atoms with E-state index in [0.717, 1.165) is 23.8 Å². The number of nitrogens with zero attached hydrogens (tertiary/aromatic N) is 4. The molecule has 2 amide bonds. The maximum atomic E-state index is 12.7. The van der Waals surface area contributed by atoms with E-state index in [0.29, 0.717) is 24.4 Å². The number of imide groups is 1. The molecule has 1 fully saturated rings. The zero-order chi connectivity index (χ0) is 17.4. The normalized spacial score (nSPS) is 18.5. The number of carbonyl (C=O) groups is 2. The summed E-state index contributed by atoms with van der Waals surface area (Å²) in [4.78, 5) is 35.9. The number of likely N-dealkylation sites (N-methyl/N-ethyl adjacent to an activating group) is 1. The summed E-state index contributed by atoms with van der Waals surface area (Å²) in [5, 5.41) is 1.93. The molecule has 0 N–H and O–H groups in total. The third kappa shape index (κ3) is 2.70. The van der Waals surface area contributed by atoms with Crippen molar-refractivity contribution in [1.29, 1.82) is 0 Å². The summed E-state index contributed by atoms with van der Waals surface area (Å²) in [5.41, 5.74) is 1.07. The van der Waals surface area contributed by atoms with Gasteiger partial charge < -0.3 is 9.80 Å². The molecule has 0 spiro atoms. The fraction of sp³-hybridized carbons (Fsp3) is 0.278. The van der Waals surface area contributed by atoms with Gasteiger partial charge in [0.2, 0.25) is 0 Å². The summed E-state index contributed by atoms with van der Waals surface area (Å²) in [6.07, 6.45) is 1.78. The number of pyridine rings is 1. The van der Waals surface area contributed by atoms with Crippen molar-refractivity contribution >= 4 is 34.5 Å². The minimum absolute atomic E-state index is 0.209. The van der Waals surface area contributed by atoms with Crippen LogP contribution in [0.25, 0.3) is 5.57 Å². The number of piperazine rings is 1. The van der Waals surface area contributed by atoms with Crippen LogP contribution in [0.1, 0.15) is 4.88 Å². The molecular weight excluding hydrogens is 336 g/mol. The Kier molecular flexibility index (Phi) is 4.01. The van der Waals surface area contributed by atoms with Crippen molar-refractivity contribution in [2.45, 2.75) is 0 Å². The smallest absolute Gasteiger partial charge is 0.277 e. The predicted octanol–water partition coefficient (Wildman–Crippen LogP) is 1.68. The van der Waals surface area contributed by atoms with Crippen molar-refractivity contribution in [3.63, 3.8) is 0 Å². The van der Waals surface area contributed by atoms with Gasteiger partial charge in [0, 0.05) is 44.3 Å². The molecule has 2 aromatic rings. The van der Waals surface area contributed by atoms with E-state index in [4.69, 9.17) is 0 Å². The molecular formula is C18H18N4O2S. The molecule has 2 aliphatic heterocycles. The van der Waals surface area contributed by atoms with Gasteiger partial charge in [-0.15, -0.1) is 11.3 Å². The SMILES string of the molecule is CN1C(=O)C(c2cccs2)=C(N2CCN(c3ccccn3)CC2)C1=O. The van der Waals surface area contributed by atoms with E-state index < -0.39 is 0 Å². The fourth-order valence-electron chi connectivity index (χ4n) is 3.26. The molecule has 128 valence electrons. The molecule has 0 atom stereocenters. The molecule has 25 heavy (non-hydrogen) atoms. The van der Waals surface area contributed by atoms with Gasteiger partial charge in [-0.2, -0.15) is 0 Å². The highest BCUT2D eigenvalue weighted by Crippen LogP contribution is 2.33. The molecule has 1 saturated heterocycles. The van der Waals surface area contributed by atoms with Gasteiger partial charge in [0.1, 0.15) is 11.5 Å². The van der Waals surface area contributed by atoms with Crippen LogP contribution in [0.4, 0.5) is 5.82 Å². The Labute approximate surface area is 150 Å². The molecule has 0 unspecified atom stereocenters. The summed E-state index contributed by atoms with van der Waals surface area (Å²) in [6, 6.07) is 9.66. The second kappa shape index (κ2) is 6.33. The molecule has 4 rings (SSSR count). The molecule has 0 bridgehead atoms. The van der Waals surface area contributed by atoms with Crippen molar-refractivity contribution in [3.05, 3.63) is 52.5 Å². The average molecular weight is 354 g/mol. The van der Waals surface area contributed by atoms with Crippen molar-refractivity contribution in [2.75, 3.05) is 38.1 Å². The minimum Gasteiger partial charge on any atom is -0.363 e. The first kappa shape index (κ1) is 15.8. The van der Waals surface area contributed by atoms with E-state index >= 15 is 0 Å². The van der Waals surface area contributed by atoms with Crippen molar-refractivity contribution in [1.82, 2.24) is 14.8 Å². The van der Waals surface area contributed by atoms with Crippen LogP contribution in [0, 0.1) is 0 Å². The van der Waals surface area contributed by atoms with E-state index in [1.54, 1.807) is 13.2 Å². The van der Waals surface area contributed by atoms with E-state index in [1.165, 1.54) is 16.2 Å². The topological polar surface area (TPSA) is 56.8 Å². The van der Waals surface area contributed by atoms with Crippen LogP contribution < -0.4 is 4.90 Å². The van der Waals surface area contributed by atoms with E-state index in [9.17, 15) is 9.59 Å². The van der Waals surface area contributed by atoms with E-state index in [2.05, 4.69) is 9.88 Å². The van der Waals surface area contributed by atoms with Crippen LogP contribution in [0.5, 0.6) is 0 Å². The van der Waals surface area contributed by atoms with Gasteiger partial charge >= 0.3 is 0 Å². The first-order chi connectivity index (χ1) is 12.2. The number of aromatic nitrogens is 1. The number of anilines is 1. The maximum Gasteiger partial charge on any atom is 0.277 e. The molecule has 0 radical (unpaired) electrons. The number of rotatable bonds is 3. The number of carbonyl (C=O) groups excluding carboxylic acids is 2. The highest BCUT2D eigenvalue weighted by Gasteiger charge is 2.40. The van der Waals surface area contributed by atoms with Crippen molar-refractivity contribution in [3.8, 4) is 0 Å². The molecule has 0 aromatic carbocycles. The zero-order valence-electron chi connectivity index (χ0n) is 13.9. The highest BCUT2D eigenvalue weighted by atomic mass is 32.1. The number of amides is 2. The van der Waals surface area contributed by atoms with E-state index in [-0.39, 0.29) is 11.8 Å². The van der Waals surface area contributed by atoms with Gasteiger partial charge in [-0.25, -0.2) is 4.98 Å². The lowest BCUT2D eigenvalue weighted by atomic mass is 10.1. The first-order valence-electron chi connectivity index (χ1n) is 8.18. The number of hydrogen-bond acceptors (Lipinski definition) is 6. The van der Waals surface area contributed by atoms with E-state index in [1.807, 2.05) is 40.6 Å². The number of thiophene rings is 1. The van der Waals surface area contributed by atoms with Crippen molar-refractivity contribution < 1.29 is 9.59 Å². The Hall–Kier alpha value is -2.67. The van der Waals surface area contributed by atoms with Crippen LogP contribution >= 0.6 is 11.3 Å². The lowest BCUT2D eigenvalue weighted by Gasteiger charge is -2.37. The molecule has 0 aliphatic carbocycles. The molecule has 2 aromatic heterocycles. The summed E-state index contributed by atoms with van der Waals surface area (Å²) in [7, 11) is 1.55. The molecule has 6 nitrogen and oxygen atoms in total. The first-order valence-corrected chi connectivity index (χ1v) is 9.06. The van der Waals surface area contributed by atoms with Gasteiger partial charge in [-0.3, -0.25) is 14.5 Å². The Morgan fingerprint density at radius 3 is 2.36 bits per heavy atom. The molecule has 7 heteroatoms. The lowest BCUT2D eigenvalue weighted by Crippen LogP contribution is -2.47. The van der Waals surface area contributed by atoms with Crippen LogP contribution in [0.3, 0.4) is 0 Å². The standard InChI is InChI=1S/C18H18N4O2S/c1-20-17(23)15(13-5-4-12-25-13)16(18(20)24)22-10-8-21(9-11-22)14-6-2-3-7-19-14/h2-7,12H,8-11H2,1H3. The fourth-order valence-corrected chi connectivity index (χ4v) is 4.03. The quantitative estimate of drug-likeness (QED) is 0.785. The lowest BCUT2D eigenvalue weighted by molar-refractivity contribution is -0.135. The Morgan fingerprint density at radius 2 is 1.72 bits per heavy atom. The Balaban J connectivity index is 1.60. The third-order valence-corrected chi connectivity index (χ3v) is 5.49. The summed E-state index contributed by atoms with van der Waals surface area (Å²) in [5.74, 6) is 0.523. The summed E-state index contributed by atoms with van der Waals surface area (Å²) < 4.78 is 0. The van der Waals surface area contributed by atoms with Crippen LogP contribution in [0.15, 0.2) is 47.6 Å². The Morgan fingerprint density at radius 1 is 0.960 bits per heavy atom. The molecule has 4 heterocycles. The van der Waals surface area contributed by atoms with Gasteiger partial charge in [0.15, 0.2) is 0 Å². The summed E-state index contributed by atoms with van der Waals surface area (Å²) >= 11 is 1.49. The second-order valence-corrected chi connectivity index (χ2v) is 6.98.